The molecule has 22 heavy (non-hydrogen) atoms. The third-order valence-electron chi connectivity index (χ3n) is 3.92. The van der Waals surface area contributed by atoms with E-state index in [1.54, 1.807) is 6.20 Å². The summed E-state index contributed by atoms with van der Waals surface area (Å²) in [6, 6.07) is 3.91. The van der Waals surface area contributed by atoms with Crippen molar-refractivity contribution < 1.29 is 9.53 Å². The number of urea groups is 1. The van der Waals surface area contributed by atoms with Crippen molar-refractivity contribution in [3.63, 3.8) is 0 Å². The first-order valence-corrected chi connectivity index (χ1v) is 7.89. The molecule has 0 aromatic carbocycles. The number of amides is 2. The molecule has 1 atom stereocenters. The van der Waals surface area contributed by atoms with E-state index >= 15 is 0 Å². The Morgan fingerprint density at radius 1 is 1.41 bits per heavy atom. The van der Waals surface area contributed by atoms with Gasteiger partial charge in [0.05, 0.1) is 6.54 Å². The van der Waals surface area contributed by atoms with E-state index in [1.807, 2.05) is 54.8 Å². The third kappa shape index (κ3) is 3.61. The number of nitrogens with zero attached hydrogens (tertiary/aromatic N) is 4. The Kier molecular flexibility index (Phi) is 5.46. The van der Waals surface area contributed by atoms with Crippen LogP contribution in [0.4, 0.5) is 10.6 Å². The number of pyridine rings is 1. The van der Waals surface area contributed by atoms with Crippen molar-refractivity contribution in [1.82, 2.24) is 14.8 Å². The summed E-state index contributed by atoms with van der Waals surface area (Å²) in [7, 11) is 3.89. The normalized spacial score (nSPS) is 17.5. The molecule has 0 bridgehead atoms. The van der Waals surface area contributed by atoms with Gasteiger partial charge >= 0.3 is 6.03 Å². The van der Waals surface area contributed by atoms with Crippen LogP contribution in [0.25, 0.3) is 0 Å². The minimum Gasteiger partial charge on any atom is -0.485 e. The van der Waals surface area contributed by atoms with Crippen LogP contribution in [0.1, 0.15) is 20.3 Å². The fraction of sp³-hybridized carbons (Fsp3) is 0.625. The van der Waals surface area contributed by atoms with Gasteiger partial charge in [0.25, 0.3) is 0 Å². The number of anilines is 1. The van der Waals surface area contributed by atoms with Gasteiger partial charge < -0.3 is 19.4 Å². The minimum atomic E-state index is 0.0300. The van der Waals surface area contributed by atoms with Crippen LogP contribution in [-0.4, -0.2) is 67.2 Å². The zero-order valence-corrected chi connectivity index (χ0v) is 14.0. The second kappa shape index (κ2) is 7.33. The van der Waals surface area contributed by atoms with E-state index in [2.05, 4.69) is 4.98 Å². The van der Waals surface area contributed by atoms with E-state index in [0.717, 1.165) is 37.6 Å². The Hall–Kier alpha value is -1.98. The molecule has 0 N–H and O–H groups in total. The Balaban J connectivity index is 1.98. The van der Waals surface area contributed by atoms with E-state index in [0.29, 0.717) is 6.54 Å². The Morgan fingerprint density at radius 3 is 2.77 bits per heavy atom. The van der Waals surface area contributed by atoms with Gasteiger partial charge in [-0.25, -0.2) is 9.78 Å². The molecule has 2 rings (SSSR count). The second-order valence-corrected chi connectivity index (χ2v) is 5.65. The van der Waals surface area contributed by atoms with Crippen LogP contribution in [0.15, 0.2) is 18.3 Å². The maximum Gasteiger partial charge on any atom is 0.320 e. The molecule has 1 fully saturated rings. The Bertz CT molecular complexity index is 503. The molecule has 0 radical (unpaired) electrons. The number of carbonyl (C=O) groups is 1. The lowest BCUT2D eigenvalue weighted by Crippen LogP contribution is -2.42. The zero-order chi connectivity index (χ0) is 16.1. The molecule has 0 aliphatic carbocycles. The molecule has 1 aromatic rings. The standard InChI is InChI=1S/C16H26N4O2/c1-5-19(6-2)16(21)20-11-9-13(12-20)22-14-8-7-10-17-15(14)18(3)4/h7-8,10,13H,5-6,9,11-12H2,1-4H3. The maximum atomic E-state index is 12.4. The van der Waals surface area contributed by atoms with Gasteiger partial charge in [-0.05, 0) is 26.0 Å². The van der Waals surface area contributed by atoms with Gasteiger partial charge in [-0.3, -0.25) is 0 Å². The van der Waals surface area contributed by atoms with Crippen LogP contribution in [0.2, 0.25) is 0 Å². The summed E-state index contributed by atoms with van der Waals surface area (Å²) < 4.78 is 6.08. The molecule has 1 unspecified atom stereocenters. The van der Waals surface area contributed by atoms with Gasteiger partial charge in [0.2, 0.25) is 0 Å². The van der Waals surface area contributed by atoms with Crippen molar-refractivity contribution >= 4 is 11.8 Å². The maximum absolute atomic E-state index is 12.4. The third-order valence-corrected chi connectivity index (χ3v) is 3.92. The molecule has 1 aliphatic rings. The Morgan fingerprint density at radius 2 is 2.14 bits per heavy atom. The number of carbonyl (C=O) groups excluding carboxylic acids is 1. The summed E-state index contributed by atoms with van der Waals surface area (Å²) in [6.45, 7) is 6.87. The zero-order valence-electron chi connectivity index (χ0n) is 14.0. The van der Waals surface area contributed by atoms with Crippen LogP contribution < -0.4 is 9.64 Å². The van der Waals surface area contributed by atoms with Crippen LogP contribution in [0, 0.1) is 0 Å². The number of hydrogen-bond donors (Lipinski definition) is 0. The first-order chi connectivity index (χ1) is 10.6. The highest BCUT2D eigenvalue weighted by Gasteiger charge is 2.30. The molecular weight excluding hydrogens is 280 g/mol. The summed E-state index contributed by atoms with van der Waals surface area (Å²) in [4.78, 5) is 22.4. The summed E-state index contributed by atoms with van der Waals surface area (Å²) in [5, 5.41) is 0. The van der Waals surface area contributed by atoms with Crippen LogP contribution in [0.3, 0.4) is 0 Å². The van der Waals surface area contributed by atoms with Gasteiger partial charge in [-0.2, -0.15) is 0 Å². The first kappa shape index (κ1) is 16.4. The largest absolute Gasteiger partial charge is 0.485 e. The first-order valence-electron chi connectivity index (χ1n) is 7.89. The number of likely N-dealkylation sites (tertiary alicyclic amines) is 1. The lowest BCUT2D eigenvalue weighted by molar-refractivity contribution is 0.156. The number of rotatable bonds is 5. The molecule has 0 spiro atoms. The smallest absolute Gasteiger partial charge is 0.320 e. The monoisotopic (exact) mass is 306 g/mol. The van der Waals surface area contributed by atoms with Crippen molar-refractivity contribution in [2.24, 2.45) is 0 Å². The molecule has 1 aliphatic heterocycles. The molecule has 1 aromatic heterocycles. The average Bonchev–Trinajstić information content (AvgIpc) is 2.97. The van der Waals surface area contributed by atoms with E-state index in [9.17, 15) is 4.79 Å². The van der Waals surface area contributed by atoms with Gasteiger partial charge in [0, 0.05) is 46.3 Å². The summed E-state index contributed by atoms with van der Waals surface area (Å²) >= 11 is 0. The van der Waals surface area contributed by atoms with Gasteiger partial charge in [-0.15, -0.1) is 0 Å². The number of aromatic nitrogens is 1. The van der Waals surface area contributed by atoms with Gasteiger partial charge in [0.1, 0.15) is 6.10 Å². The fourth-order valence-corrected chi connectivity index (χ4v) is 2.68. The van der Waals surface area contributed by atoms with Gasteiger partial charge in [-0.1, -0.05) is 0 Å². The SMILES string of the molecule is CCN(CC)C(=O)N1CCC(Oc2cccnc2N(C)C)C1. The lowest BCUT2D eigenvalue weighted by atomic mass is 10.3. The van der Waals surface area contributed by atoms with E-state index < -0.39 is 0 Å². The molecular formula is C16H26N4O2. The van der Waals surface area contributed by atoms with E-state index in [1.165, 1.54) is 0 Å². The van der Waals surface area contributed by atoms with E-state index in [-0.39, 0.29) is 12.1 Å². The van der Waals surface area contributed by atoms with Crippen LogP contribution in [-0.2, 0) is 0 Å². The van der Waals surface area contributed by atoms with Crippen molar-refractivity contribution in [2.75, 3.05) is 45.2 Å². The highest BCUT2D eigenvalue weighted by molar-refractivity contribution is 5.74. The quantitative estimate of drug-likeness (QED) is 0.835. The van der Waals surface area contributed by atoms with Crippen LogP contribution in [0.5, 0.6) is 5.75 Å². The molecule has 2 amide bonds. The van der Waals surface area contributed by atoms with E-state index in [4.69, 9.17) is 4.74 Å². The van der Waals surface area contributed by atoms with Gasteiger partial charge in [0.15, 0.2) is 11.6 Å². The lowest BCUT2D eigenvalue weighted by Gasteiger charge is -2.26. The summed E-state index contributed by atoms with van der Waals surface area (Å²) in [5.41, 5.74) is 0. The molecule has 122 valence electrons. The summed E-state index contributed by atoms with van der Waals surface area (Å²) in [6.07, 6.45) is 2.64. The predicted molar refractivity (Wildman–Crippen MR) is 87.5 cm³/mol. The average molecular weight is 306 g/mol. The molecule has 0 saturated carbocycles. The molecule has 2 heterocycles. The number of hydrogen-bond acceptors (Lipinski definition) is 4. The summed E-state index contributed by atoms with van der Waals surface area (Å²) in [5.74, 6) is 1.59. The predicted octanol–water partition coefficient (Wildman–Crippen LogP) is 2.06. The van der Waals surface area contributed by atoms with Crippen molar-refractivity contribution in [1.29, 1.82) is 0 Å². The molecule has 1 saturated heterocycles. The van der Waals surface area contributed by atoms with Crippen molar-refractivity contribution in [3.8, 4) is 5.75 Å². The minimum absolute atomic E-state index is 0.0300. The highest BCUT2D eigenvalue weighted by atomic mass is 16.5. The van der Waals surface area contributed by atoms with Crippen molar-refractivity contribution in [3.05, 3.63) is 18.3 Å². The topological polar surface area (TPSA) is 48.9 Å². The van der Waals surface area contributed by atoms with Crippen molar-refractivity contribution in [2.45, 2.75) is 26.4 Å². The molecule has 6 nitrogen and oxygen atoms in total. The Labute approximate surface area is 132 Å². The second-order valence-electron chi connectivity index (χ2n) is 5.65. The molecule has 6 heteroatoms. The number of ether oxygens (including phenoxy) is 1. The highest BCUT2D eigenvalue weighted by Crippen LogP contribution is 2.26. The van der Waals surface area contributed by atoms with Crippen LogP contribution >= 0.6 is 0 Å². The fourth-order valence-electron chi connectivity index (χ4n) is 2.68.